The lowest BCUT2D eigenvalue weighted by molar-refractivity contribution is -0.313. The Hall–Kier alpha value is -2.41. The average molecular weight is 494 g/mol. The van der Waals surface area contributed by atoms with E-state index < -0.39 is 6.10 Å². The molecular weight excluding hydrogens is 454 g/mol. The minimum Gasteiger partial charge on any atom is -0.488 e. The lowest BCUT2D eigenvalue weighted by Gasteiger charge is -2.62. The second kappa shape index (κ2) is 10.5. The van der Waals surface area contributed by atoms with Crippen molar-refractivity contribution in [3.63, 3.8) is 0 Å². The van der Waals surface area contributed by atoms with Crippen molar-refractivity contribution in [2.45, 2.75) is 71.0 Å². The molecule has 1 amide bonds. The first-order valence-corrected chi connectivity index (χ1v) is 13.3. The summed E-state index contributed by atoms with van der Waals surface area (Å²) >= 11 is 0. The smallest absolute Gasteiger partial charge is 0.220 e. The largest absolute Gasteiger partial charge is 0.488 e. The number of rotatable bonds is 7. The fraction of sp³-hybridized carbons (Fsp3) is 0.567. The van der Waals surface area contributed by atoms with Gasteiger partial charge in [-0.15, -0.1) is 0 Å². The Balaban J connectivity index is 1.23. The topological polar surface area (TPSA) is 77.0 Å². The van der Waals surface area contributed by atoms with E-state index in [9.17, 15) is 9.90 Å². The van der Waals surface area contributed by atoms with Crippen molar-refractivity contribution in [3.8, 4) is 5.75 Å². The van der Waals surface area contributed by atoms with Gasteiger partial charge in [-0.2, -0.15) is 0 Å². The van der Waals surface area contributed by atoms with E-state index in [2.05, 4.69) is 19.2 Å². The van der Waals surface area contributed by atoms with Crippen LogP contribution < -0.4 is 10.1 Å². The SMILES string of the molecule is CC12COC(COc3ccccc3)OC1CCC1(C)C(CC(=O)NCc3ccccc3)C(O)CCC21. The fourth-order valence-electron chi connectivity index (χ4n) is 7.12. The van der Waals surface area contributed by atoms with E-state index in [0.29, 0.717) is 38.5 Å². The molecule has 2 saturated carbocycles. The normalized spacial score (nSPS) is 35.8. The molecule has 0 radical (unpaired) electrons. The molecule has 0 spiro atoms. The van der Waals surface area contributed by atoms with Gasteiger partial charge in [0.15, 0.2) is 6.29 Å². The monoisotopic (exact) mass is 493 g/mol. The minimum absolute atomic E-state index is 0.00586. The highest BCUT2D eigenvalue weighted by molar-refractivity contribution is 5.76. The number of hydrogen-bond acceptors (Lipinski definition) is 5. The number of fused-ring (bicyclic) bond motifs is 3. The third-order valence-electron chi connectivity index (χ3n) is 9.10. The zero-order valence-electron chi connectivity index (χ0n) is 21.4. The van der Waals surface area contributed by atoms with Crippen LogP contribution in [0.5, 0.6) is 5.75 Å². The second-order valence-corrected chi connectivity index (χ2v) is 11.3. The standard InChI is InChI=1S/C30H39NO5/c1-29-16-15-26-30(2,20-35-28(36-26)19-34-22-11-7-4-8-12-22)25(29)14-13-24(32)23(29)17-27(33)31-18-21-9-5-3-6-10-21/h3-12,23-26,28,32H,13-20H2,1-2H3,(H,31,33). The molecule has 3 fully saturated rings. The van der Waals surface area contributed by atoms with Crippen LogP contribution in [0.4, 0.5) is 0 Å². The number of hydrogen-bond donors (Lipinski definition) is 2. The number of aliphatic hydroxyl groups excluding tert-OH is 1. The van der Waals surface area contributed by atoms with E-state index >= 15 is 0 Å². The predicted octanol–water partition coefficient (Wildman–Crippen LogP) is 4.71. The third kappa shape index (κ3) is 5.04. The van der Waals surface area contributed by atoms with Crippen LogP contribution in [0, 0.1) is 22.7 Å². The molecule has 5 rings (SSSR count). The van der Waals surface area contributed by atoms with Gasteiger partial charge < -0.3 is 24.6 Å². The van der Waals surface area contributed by atoms with Crippen molar-refractivity contribution < 1.29 is 24.1 Å². The molecule has 36 heavy (non-hydrogen) atoms. The molecule has 1 heterocycles. The Morgan fingerprint density at radius 3 is 2.50 bits per heavy atom. The number of carbonyl (C=O) groups excluding carboxylic acids is 1. The molecule has 1 saturated heterocycles. The maximum absolute atomic E-state index is 13.0. The van der Waals surface area contributed by atoms with Crippen molar-refractivity contribution in [2.75, 3.05) is 13.2 Å². The predicted molar refractivity (Wildman–Crippen MR) is 137 cm³/mol. The highest BCUT2D eigenvalue weighted by Gasteiger charge is 2.61. The zero-order valence-corrected chi connectivity index (χ0v) is 21.4. The van der Waals surface area contributed by atoms with Crippen LogP contribution in [0.15, 0.2) is 60.7 Å². The van der Waals surface area contributed by atoms with Gasteiger partial charge in [0.05, 0.1) is 18.8 Å². The molecular formula is C30H39NO5. The highest BCUT2D eigenvalue weighted by Crippen LogP contribution is 2.62. The van der Waals surface area contributed by atoms with E-state index in [1.807, 2.05) is 60.7 Å². The van der Waals surface area contributed by atoms with Crippen LogP contribution in [0.2, 0.25) is 0 Å². The van der Waals surface area contributed by atoms with Crippen molar-refractivity contribution in [1.29, 1.82) is 0 Å². The molecule has 2 N–H and O–H groups in total. The van der Waals surface area contributed by atoms with E-state index in [-0.39, 0.29) is 35.0 Å². The number of nitrogens with one attached hydrogen (secondary N) is 1. The van der Waals surface area contributed by atoms with Gasteiger partial charge in [0, 0.05) is 18.4 Å². The van der Waals surface area contributed by atoms with Gasteiger partial charge in [-0.3, -0.25) is 4.79 Å². The Labute approximate surface area is 214 Å². The first kappa shape index (κ1) is 25.2. The van der Waals surface area contributed by atoms with Crippen molar-refractivity contribution in [2.24, 2.45) is 22.7 Å². The second-order valence-electron chi connectivity index (χ2n) is 11.3. The van der Waals surface area contributed by atoms with E-state index in [1.165, 1.54) is 0 Å². The zero-order chi connectivity index (χ0) is 25.2. The van der Waals surface area contributed by atoms with E-state index in [0.717, 1.165) is 30.6 Å². The lowest BCUT2D eigenvalue weighted by atomic mass is 9.46. The molecule has 6 heteroatoms. The summed E-state index contributed by atoms with van der Waals surface area (Å²) in [6, 6.07) is 19.7. The fourth-order valence-corrected chi connectivity index (χ4v) is 7.12. The minimum atomic E-state index is -0.466. The van der Waals surface area contributed by atoms with Gasteiger partial charge in [-0.25, -0.2) is 0 Å². The first-order valence-electron chi connectivity index (χ1n) is 13.3. The Morgan fingerprint density at radius 1 is 1.03 bits per heavy atom. The van der Waals surface area contributed by atoms with Crippen LogP contribution in [-0.2, 0) is 20.8 Å². The molecule has 0 bridgehead atoms. The highest BCUT2D eigenvalue weighted by atomic mass is 16.7. The summed E-state index contributed by atoms with van der Waals surface area (Å²) in [4.78, 5) is 13.0. The van der Waals surface area contributed by atoms with Gasteiger partial charge in [0.1, 0.15) is 12.4 Å². The summed E-state index contributed by atoms with van der Waals surface area (Å²) in [5.74, 6) is 1.05. The van der Waals surface area contributed by atoms with Crippen LogP contribution in [0.25, 0.3) is 0 Å². The summed E-state index contributed by atoms with van der Waals surface area (Å²) in [6.45, 7) is 6.03. The number of benzene rings is 2. The Kier molecular flexibility index (Phi) is 7.38. The summed E-state index contributed by atoms with van der Waals surface area (Å²) < 4.78 is 18.5. The van der Waals surface area contributed by atoms with Crippen LogP contribution >= 0.6 is 0 Å². The summed E-state index contributed by atoms with van der Waals surface area (Å²) in [5.41, 5.74) is 0.775. The van der Waals surface area contributed by atoms with Gasteiger partial charge in [-0.1, -0.05) is 62.4 Å². The molecule has 2 aromatic carbocycles. The Bertz CT molecular complexity index is 1020. The molecule has 0 aromatic heterocycles. The third-order valence-corrected chi connectivity index (χ3v) is 9.10. The van der Waals surface area contributed by atoms with Gasteiger partial charge >= 0.3 is 0 Å². The average Bonchev–Trinajstić information content (AvgIpc) is 2.89. The van der Waals surface area contributed by atoms with E-state index in [1.54, 1.807) is 0 Å². The number of ether oxygens (including phenoxy) is 3. The number of para-hydroxylation sites is 1. The molecule has 2 aromatic rings. The number of carbonyl (C=O) groups is 1. The lowest BCUT2D eigenvalue weighted by Crippen LogP contribution is -2.63. The number of amides is 1. The maximum Gasteiger partial charge on any atom is 0.220 e. The van der Waals surface area contributed by atoms with Crippen molar-refractivity contribution in [1.82, 2.24) is 5.32 Å². The Morgan fingerprint density at radius 2 is 1.75 bits per heavy atom. The quantitative estimate of drug-likeness (QED) is 0.584. The molecule has 7 atom stereocenters. The summed E-state index contributed by atoms with van der Waals surface area (Å²) in [5, 5.41) is 14.1. The maximum atomic E-state index is 13.0. The van der Waals surface area contributed by atoms with Crippen LogP contribution in [0.3, 0.4) is 0 Å². The molecule has 3 aliphatic rings. The first-order chi connectivity index (χ1) is 17.4. The molecule has 6 nitrogen and oxygen atoms in total. The number of aliphatic hydroxyl groups is 1. The summed E-state index contributed by atoms with van der Waals surface area (Å²) in [6.07, 6.45) is 3.02. The molecule has 2 aliphatic carbocycles. The molecule has 194 valence electrons. The van der Waals surface area contributed by atoms with Gasteiger partial charge in [0.25, 0.3) is 0 Å². The van der Waals surface area contributed by atoms with Gasteiger partial charge in [-0.05, 0) is 60.6 Å². The van der Waals surface area contributed by atoms with Crippen molar-refractivity contribution >= 4 is 5.91 Å². The van der Waals surface area contributed by atoms with Gasteiger partial charge in [0.2, 0.25) is 5.91 Å². The van der Waals surface area contributed by atoms with Crippen molar-refractivity contribution in [3.05, 3.63) is 66.2 Å². The molecule has 1 aliphatic heterocycles. The van der Waals surface area contributed by atoms with Crippen LogP contribution in [0.1, 0.15) is 51.5 Å². The summed E-state index contributed by atoms with van der Waals surface area (Å²) in [7, 11) is 0. The van der Waals surface area contributed by atoms with E-state index in [4.69, 9.17) is 14.2 Å². The molecule has 7 unspecified atom stereocenters. The van der Waals surface area contributed by atoms with Crippen LogP contribution in [-0.4, -0.2) is 42.7 Å².